The predicted molar refractivity (Wildman–Crippen MR) is 113 cm³/mol. The van der Waals surface area contributed by atoms with Gasteiger partial charge in [-0.25, -0.2) is 0 Å². The van der Waals surface area contributed by atoms with Crippen LogP contribution in [-0.2, 0) is 8.85 Å². The molecule has 0 aromatic heterocycles. The summed E-state index contributed by atoms with van der Waals surface area (Å²) in [6, 6.07) is 0. The van der Waals surface area contributed by atoms with Gasteiger partial charge in [0, 0.05) is 5.22 Å². The Kier molecular flexibility index (Phi) is 6.87. The molecule has 0 amide bonds. The molecule has 0 aliphatic heterocycles. The van der Waals surface area contributed by atoms with Crippen molar-refractivity contribution in [1.82, 2.24) is 0 Å². The van der Waals surface area contributed by atoms with Crippen LogP contribution in [-0.4, -0.2) is 35.2 Å². The van der Waals surface area contributed by atoms with Gasteiger partial charge in [-0.2, -0.15) is 0 Å². The lowest BCUT2D eigenvalue weighted by Crippen LogP contribution is -2.67. The standard InChI is InChI=1S/C18H44O2Si3/c1-15-18(7,20-21(8,9)10)23(13,14)19-17(5,6)22(11,12)16(2,3)4/h15H2,1-14H3. The van der Waals surface area contributed by atoms with Crippen LogP contribution in [0.4, 0.5) is 0 Å². The molecule has 0 bridgehead atoms. The van der Waals surface area contributed by atoms with Gasteiger partial charge >= 0.3 is 0 Å². The molecule has 0 aliphatic carbocycles. The summed E-state index contributed by atoms with van der Waals surface area (Å²) in [7, 11) is -5.28. The highest BCUT2D eigenvalue weighted by Gasteiger charge is 2.55. The maximum atomic E-state index is 7.02. The molecule has 0 aromatic rings. The molecule has 5 heteroatoms. The maximum absolute atomic E-state index is 7.02. The molecule has 23 heavy (non-hydrogen) atoms. The summed E-state index contributed by atoms with van der Waals surface area (Å²) in [5, 5.41) is 0.112. The maximum Gasteiger partial charge on any atom is 0.216 e. The van der Waals surface area contributed by atoms with Gasteiger partial charge in [0.25, 0.3) is 0 Å². The van der Waals surface area contributed by atoms with Crippen LogP contribution in [0.1, 0.15) is 54.9 Å². The normalized spacial score (nSPS) is 18.0. The molecule has 0 fully saturated rings. The Balaban J connectivity index is 5.69. The van der Waals surface area contributed by atoms with E-state index in [0.29, 0.717) is 5.04 Å². The average Bonchev–Trinajstić information content (AvgIpc) is 2.22. The van der Waals surface area contributed by atoms with Crippen molar-refractivity contribution >= 4 is 24.7 Å². The first kappa shape index (κ1) is 23.6. The van der Waals surface area contributed by atoms with Crippen molar-refractivity contribution in [1.29, 1.82) is 0 Å². The highest BCUT2D eigenvalue weighted by atomic mass is 28.4. The summed E-state index contributed by atoms with van der Waals surface area (Å²) in [5.41, 5.74) is 0. The van der Waals surface area contributed by atoms with Crippen LogP contribution in [0.15, 0.2) is 0 Å². The Hall–Kier alpha value is 0.571. The summed E-state index contributed by atoms with van der Waals surface area (Å²) in [6.07, 6.45) is 1.02. The minimum absolute atomic E-state index is 0.0692. The van der Waals surface area contributed by atoms with Crippen molar-refractivity contribution < 1.29 is 8.85 Å². The highest BCUT2D eigenvalue weighted by molar-refractivity contribution is 6.84. The molecule has 2 nitrogen and oxygen atoms in total. The summed E-state index contributed by atoms with van der Waals surface area (Å²) >= 11 is 0. The molecule has 1 atom stereocenters. The lowest BCUT2D eigenvalue weighted by molar-refractivity contribution is 0.0842. The van der Waals surface area contributed by atoms with Crippen molar-refractivity contribution in [3.8, 4) is 0 Å². The topological polar surface area (TPSA) is 18.5 Å². The van der Waals surface area contributed by atoms with Gasteiger partial charge in [0.15, 0.2) is 8.32 Å². The lowest BCUT2D eigenvalue weighted by atomic mass is 10.2. The van der Waals surface area contributed by atoms with Crippen LogP contribution in [0.25, 0.3) is 0 Å². The summed E-state index contributed by atoms with van der Waals surface area (Å²) in [4.78, 5) is 0. The third-order valence-corrected chi connectivity index (χ3v) is 18.7. The minimum Gasteiger partial charge on any atom is -0.412 e. The Morgan fingerprint density at radius 1 is 0.696 bits per heavy atom. The Morgan fingerprint density at radius 2 is 1.09 bits per heavy atom. The van der Waals surface area contributed by atoms with E-state index in [9.17, 15) is 0 Å². The first-order valence-corrected chi connectivity index (χ1v) is 18.4. The van der Waals surface area contributed by atoms with Crippen LogP contribution >= 0.6 is 0 Å². The van der Waals surface area contributed by atoms with Crippen LogP contribution in [0.5, 0.6) is 0 Å². The fourth-order valence-corrected chi connectivity index (χ4v) is 12.4. The highest BCUT2D eigenvalue weighted by Crippen LogP contribution is 2.46. The second-order valence-corrected chi connectivity index (χ2v) is 25.5. The van der Waals surface area contributed by atoms with Gasteiger partial charge in [-0.3, -0.25) is 0 Å². The molecule has 140 valence electrons. The van der Waals surface area contributed by atoms with Gasteiger partial charge in [0.1, 0.15) is 0 Å². The molecule has 0 saturated carbocycles. The Morgan fingerprint density at radius 3 is 1.35 bits per heavy atom. The van der Waals surface area contributed by atoms with Gasteiger partial charge in [-0.15, -0.1) is 0 Å². The summed E-state index contributed by atoms with van der Waals surface area (Å²) < 4.78 is 13.7. The Labute approximate surface area is 150 Å². The molecule has 0 saturated heterocycles. The molecule has 0 aliphatic rings. The zero-order chi connectivity index (χ0) is 19.1. The molecular formula is C18H44O2Si3. The van der Waals surface area contributed by atoms with Gasteiger partial charge in [0.2, 0.25) is 8.32 Å². The SMILES string of the molecule is CCC(C)(O[Si](C)(C)C)[Si](C)(C)OC(C)(C)[Si](C)(C)C(C)(C)C. The number of hydrogen-bond donors (Lipinski definition) is 0. The molecule has 0 N–H and O–H groups in total. The van der Waals surface area contributed by atoms with Crippen LogP contribution in [0.3, 0.4) is 0 Å². The number of rotatable bonds is 7. The monoisotopic (exact) mass is 376 g/mol. The molecule has 0 rings (SSSR count). The average molecular weight is 377 g/mol. The second-order valence-electron chi connectivity index (χ2n) is 10.8. The van der Waals surface area contributed by atoms with Crippen molar-refractivity contribution in [2.75, 3.05) is 0 Å². The van der Waals surface area contributed by atoms with Gasteiger partial charge < -0.3 is 8.85 Å². The first-order chi connectivity index (χ1) is 9.72. The van der Waals surface area contributed by atoms with Gasteiger partial charge in [-0.1, -0.05) is 40.8 Å². The second kappa shape index (κ2) is 6.71. The van der Waals surface area contributed by atoms with E-state index in [0.717, 1.165) is 6.42 Å². The van der Waals surface area contributed by atoms with Crippen LogP contribution in [0.2, 0.25) is 50.9 Å². The fourth-order valence-electron chi connectivity index (χ4n) is 3.07. The Bertz CT molecular complexity index is 403. The van der Waals surface area contributed by atoms with Crippen molar-refractivity contribution in [3.05, 3.63) is 0 Å². The van der Waals surface area contributed by atoms with E-state index in [-0.39, 0.29) is 10.4 Å². The third kappa shape index (κ3) is 5.27. The smallest absolute Gasteiger partial charge is 0.216 e. The molecule has 0 heterocycles. The van der Waals surface area contributed by atoms with E-state index < -0.39 is 24.7 Å². The van der Waals surface area contributed by atoms with Crippen molar-refractivity contribution in [2.45, 2.75) is 116 Å². The minimum atomic E-state index is -2.04. The van der Waals surface area contributed by atoms with Crippen molar-refractivity contribution in [2.24, 2.45) is 0 Å². The molecule has 0 aromatic carbocycles. The fraction of sp³-hybridized carbons (Fsp3) is 1.00. The van der Waals surface area contributed by atoms with Gasteiger partial charge in [0.05, 0.1) is 13.3 Å². The zero-order valence-corrected chi connectivity index (χ0v) is 21.5. The largest absolute Gasteiger partial charge is 0.412 e. The predicted octanol–water partition coefficient (Wildman–Crippen LogP) is 6.59. The van der Waals surface area contributed by atoms with E-state index in [1.54, 1.807) is 0 Å². The molecule has 1 unspecified atom stereocenters. The van der Waals surface area contributed by atoms with E-state index in [4.69, 9.17) is 8.85 Å². The molecule has 0 spiro atoms. The van der Waals surface area contributed by atoms with E-state index in [1.165, 1.54) is 0 Å². The summed E-state index contributed by atoms with van der Waals surface area (Å²) in [6.45, 7) is 32.8. The quantitative estimate of drug-likeness (QED) is 0.466. The van der Waals surface area contributed by atoms with E-state index in [1.807, 2.05) is 0 Å². The molecule has 0 radical (unpaired) electrons. The first-order valence-electron chi connectivity index (χ1n) is 9.13. The zero-order valence-electron chi connectivity index (χ0n) is 18.5. The van der Waals surface area contributed by atoms with Crippen LogP contribution < -0.4 is 0 Å². The van der Waals surface area contributed by atoms with Crippen molar-refractivity contribution in [3.63, 3.8) is 0 Å². The molecular weight excluding hydrogens is 332 g/mol. The summed E-state index contributed by atoms with van der Waals surface area (Å²) in [5.74, 6) is 0. The van der Waals surface area contributed by atoms with E-state index >= 15 is 0 Å². The number of hydrogen-bond acceptors (Lipinski definition) is 2. The van der Waals surface area contributed by atoms with Gasteiger partial charge in [-0.05, 0) is 65.0 Å². The van der Waals surface area contributed by atoms with E-state index in [2.05, 4.69) is 94.3 Å². The third-order valence-electron chi connectivity index (χ3n) is 6.37. The lowest BCUT2D eigenvalue weighted by Gasteiger charge is -2.55. The van der Waals surface area contributed by atoms with Crippen LogP contribution in [0, 0.1) is 0 Å².